The quantitative estimate of drug-likeness (QED) is 0.796. The molecule has 1 heterocycles. The SMILES string of the molecule is Cc1cc(C)c(-n2nncc2CCl)c(Br)c1. The highest BCUT2D eigenvalue weighted by atomic mass is 79.9. The van der Waals surface area contributed by atoms with Gasteiger partial charge in [0.2, 0.25) is 0 Å². The Balaban J connectivity index is 2.64. The van der Waals surface area contributed by atoms with Crippen LogP contribution < -0.4 is 0 Å². The Morgan fingerprint density at radius 1 is 1.38 bits per heavy atom. The van der Waals surface area contributed by atoms with Crippen LogP contribution in [0, 0.1) is 13.8 Å². The molecule has 0 amide bonds. The van der Waals surface area contributed by atoms with E-state index in [4.69, 9.17) is 11.6 Å². The maximum absolute atomic E-state index is 5.84. The van der Waals surface area contributed by atoms with Gasteiger partial charge in [-0.1, -0.05) is 11.3 Å². The molecule has 1 aromatic heterocycles. The molecule has 16 heavy (non-hydrogen) atoms. The lowest BCUT2D eigenvalue weighted by Crippen LogP contribution is -2.04. The second kappa shape index (κ2) is 4.55. The van der Waals surface area contributed by atoms with Crippen LogP contribution in [0.5, 0.6) is 0 Å². The van der Waals surface area contributed by atoms with Crippen molar-refractivity contribution in [1.82, 2.24) is 15.0 Å². The number of aromatic nitrogens is 3. The maximum Gasteiger partial charge on any atom is 0.0838 e. The van der Waals surface area contributed by atoms with Crippen LogP contribution in [0.15, 0.2) is 22.8 Å². The molecule has 1 aromatic carbocycles. The van der Waals surface area contributed by atoms with Crippen LogP contribution in [0.3, 0.4) is 0 Å². The highest BCUT2D eigenvalue weighted by molar-refractivity contribution is 9.10. The van der Waals surface area contributed by atoms with Crippen LogP contribution in [0.4, 0.5) is 0 Å². The van der Waals surface area contributed by atoms with Crippen molar-refractivity contribution in [2.75, 3.05) is 0 Å². The summed E-state index contributed by atoms with van der Waals surface area (Å²) in [7, 11) is 0. The summed E-state index contributed by atoms with van der Waals surface area (Å²) in [4.78, 5) is 0. The van der Waals surface area contributed by atoms with Gasteiger partial charge in [0.15, 0.2) is 0 Å². The molecule has 0 aliphatic heterocycles. The molecule has 0 fully saturated rings. The number of nitrogens with zero attached hydrogens (tertiary/aromatic N) is 3. The molecule has 2 rings (SSSR count). The fourth-order valence-corrected chi connectivity index (χ4v) is 2.74. The number of hydrogen-bond donors (Lipinski definition) is 0. The van der Waals surface area contributed by atoms with E-state index in [0.717, 1.165) is 21.4 Å². The predicted octanol–water partition coefficient (Wildman–Crippen LogP) is 3.39. The van der Waals surface area contributed by atoms with E-state index in [0.29, 0.717) is 5.88 Å². The van der Waals surface area contributed by atoms with Gasteiger partial charge in [-0.25, -0.2) is 4.68 Å². The van der Waals surface area contributed by atoms with Gasteiger partial charge in [0.05, 0.1) is 23.5 Å². The first kappa shape index (κ1) is 11.6. The Morgan fingerprint density at radius 2 is 2.12 bits per heavy atom. The van der Waals surface area contributed by atoms with Crippen molar-refractivity contribution >= 4 is 27.5 Å². The van der Waals surface area contributed by atoms with E-state index in [1.165, 1.54) is 5.56 Å². The number of rotatable bonds is 2. The van der Waals surface area contributed by atoms with Gasteiger partial charge in [0, 0.05) is 4.47 Å². The van der Waals surface area contributed by atoms with Crippen molar-refractivity contribution in [3.05, 3.63) is 39.6 Å². The number of alkyl halides is 1. The van der Waals surface area contributed by atoms with Crippen molar-refractivity contribution in [3.63, 3.8) is 0 Å². The highest BCUT2D eigenvalue weighted by Crippen LogP contribution is 2.26. The van der Waals surface area contributed by atoms with Gasteiger partial charge >= 0.3 is 0 Å². The molecule has 0 atom stereocenters. The molecule has 0 bridgehead atoms. The highest BCUT2D eigenvalue weighted by Gasteiger charge is 2.11. The lowest BCUT2D eigenvalue weighted by molar-refractivity contribution is 0.773. The minimum Gasteiger partial charge on any atom is -0.215 e. The molecule has 0 spiro atoms. The normalized spacial score (nSPS) is 10.8. The molecule has 0 N–H and O–H groups in total. The van der Waals surface area contributed by atoms with E-state index < -0.39 is 0 Å². The number of hydrogen-bond acceptors (Lipinski definition) is 2. The standard InChI is InChI=1S/C11H11BrClN3/c1-7-3-8(2)11(10(12)4-7)16-9(5-13)6-14-15-16/h3-4,6H,5H2,1-2H3. The summed E-state index contributed by atoms with van der Waals surface area (Å²) in [6, 6.07) is 4.17. The molecule has 0 saturated heterocycles. The molecule has 5 heteroatoms. The van der Waals surface area contributed by atoms with Crippen LogP contribution in [0.2, 0.25) is 0 Å². The van der Waals surface area contributed by atoms with Gasteiger partial charge < -0.3 is 0 Å². The minimum atomic E-state index is 0.396. The van der Waals surface area contributed by atoms with Crippen LogP contribution in [-0.4, -0.2) is 15.0 Å². The minimum absolute atomic E-state index is 0.396. The number of halogens is 2. The van der Waals surface area contributed by atoms with Gasteiger partial charge in [-0.3, -0.25) is 0 Å². The fraction of sp³-hybridized carbons (Fsp3) is 0.273. The Kier molecular flexibility index (Phi) is 3.30. The van der Waals surface area contributed by atoms with Gasteiger partial charge in [-0.2, -0.15) is 0 Å². The van der Waals surface area contributed by atoms with Crippen LogP contribution in [0.25, 0.3) is 5.69 Å². The number of benzene rings is 1. The first-order chi connectivity index (χ1) is 7.63. The largest absolute Gasteiger partial charge is 0.215 e. The van der Waals surface area contributed by atoms with E-state index in [-0.39, 0.29) is 0 Å². The van der Waals surface area contributed by atoms with Crippen molar-refractivity contribution in [1.29, 1.82) is 0 Å². The van der Waals surface area contributed by atoms with E-state index in [9.17, 15) is 0 Å². The summed E-state index contributed by atoms with van der Waals surface area (Å²) < 4.78 is 2.77. The molecule has 0 radical (unpaired) electrons. The van der Waals surface area contributed by atoms with E-state index in [1.807, 2.05) is 6.92 Å². The molecular formula is C11H11BrClN3. The summed E-state index contributed by atoms with van der Waals surface area (Å²) >= 11 is 9.39. The Morgan fingerprint density at radius 3 is 2.75 bits per heavy atom. The summed E-state index contributed by atoms with van der Waals surface area (Å²) in [5, 5.41) is 7.94. The second-order valence-corrected chi connectivity index (χ2v) is 4.80. The topological polar surface area (TPSA) is 30.7 Å². The maximum atomic E-state index is 5.84. The van der Waals surface area contributed by atoms with Gasteiger partial charge in [-0.15, -0.1) is 16.7 Å². The first-order valence-corrected chi connectivity index (χ1v) is 6.19. The van der Waals surface area contributed by atoms with Crippen LogP contribution >= 0.6 is 27.5 Å². The van der Waals surface area contributed by atoms with Crippen molar-refractivity contribution in [2.24, 2.45) is 0 Å². The zero-order chi connectivity index (χ0) is 11.7. The summed E-state index contributed by atoms with van der Waals surface area (Å²) in [5.41, 5.74) is 4.23. The van der Waals surface area contributed by atoms with E-state index >= 15 is 0 Å². The summed E-state index contributed by atoms with van der Waals surface area (Å²) in [6.07, 6.45) is 1.68. The third-order valence-electron chi connectivity index (χ3n) is 2.37. The average Bonchev–Trinajstić information content (AvgIpc) is 2.64. The molecule has 0 aliphatic carbocycles. The third kappa shape index (κ3) is 1.99. The van der Waals surface area contributed by atoms with Gasteiger partial charge in [0.1, 0.15) is 0 Å². The van der Waals surface area contributed by atoms with Crippen molar-refractivity contribution in [2.45, 2.75) is 19.7 Å². The smallest absolute Gasteiger partial charge is 0.0838 e. The first-order valence-electron chi connectivity index (χ1n) is 4.86. The Hall–Kier alpha value is -0.870. The van der Waals surface area contributed by atoms with Gasteiger partial charge in [0.25, 0.3) is 0 Å². The Labute approximate surface area is 108 Å². The summed E-state index contributed by atoms with van der Waals surface area (Å²) in [6.45, 7) is 4.11. The van der Waals surface area contributed by atoms with E-state index in [2.05, 4.69) is 45.3 Å². The Bertz CT molecular complexity index is 499. The predicted molar refractivity (Wildman–Crippen MR) is 68.1 cm³/mol. The lowest BCUT2D eigenvalue weighted by atomic mass is 10.1. The van der Waals surface area contributed by atoms with Gasteiger partial charge in [-0.05, 0) is 47.0 Å². The molecule has 3 nitrogen and oxygen atoms in total. The molecule has 2 aromatic rings. The van der Waals surface area contributed by atoms with Crippen molar-refractivity contribution < 1.29 is 0 Å². The van der Waals surface area contributed by atoms with E-state index in [1.54, 1.807) is 10.9 Å². The molecule has 84 valence electrons. The zero-order valence-electron chi connectivity index (χ0n) is 9.04. The molecule has 0 aliphatic rings. The third-order valence-corrected chi connectivity index (χ3v) is 3.25. The second-order valence-electron chi connectivity index (χ2n) is 3.68. The molecule has 0 unspecified atom stereocenters. The fourth-order valence-electron chi connectivity index (χ4n) is 1.71. The molecule has 0 saturated carbocycles. The van der Waals surface area contributed by atoms with Crippen molar-refractivity contribution in [3.8, 4) is 5.69 Å². The lowest BCUT2D eigenvalue weighted by Gasteiger charge is -2.11. The monoisotopic (exact) mass is 299 g/mol. The zero-order valence-corrected chi connectivity index (χ0v) is 11.4. The van der Waals surface area contributed by atoms with Crippen LogP contribution in [-0.2, 0) is 5.88 Å². The molecular weight excluding hydrogens is 289 g/mol. The van der Waals surface area contributed by atoms with Crippen LogP contribution in [0.1, 0.15) is 16.8 Å². The average molecular weight is 301 g/mol. The number of aryl methyl sites for hydroxylation is 2. The summed E-state index contributed by atoms with van der Waals surface area (Å²) in [5.74, 6) is 0.396.